The van der Waals surface area contributed by atoms with Gasteiger partial charge in [-0.1, -0.05) is 35.9 Å². The predicted octanol–water partition coefficient (Wildman–Crippen LogP) is 4.54. The summed E-state index contributed by atoms with van der Waals surface area (Å²) in [4.78, 5) is 2.53. The summed E-state index contributed by atoms with van der Waals surface area (Å²) in [7, 11) is -0.561. The third-order valence-electron chi connectivity index (χ3n) is 9.94. The van der Waals surface area contributed by atoms with Gasteiger partial charge in [-0.05, 0) is 60.9 Å². The minimum absolute atomic E-state index is 0.0581. The van der Waals surface area contributed by atoms with Gasteiger partial charge in [0.1, 0.15) is 18.1 Å². The third kappa shape index (κ3) is 8.62. The molecule has 1 N–H and O–H groups in total. The lowest BCUT2D eigenvalue weighted by molar-refractivity contribution is -0.144. The van der Waals surface area contributed by atoms with Crippen molar-refractivity contribution in [3.8, 4) is 11.5 Å². The van der Waals surface area contributed by atoms with Gasteiger partial charge in [0.15, 0.2) is 0 Å². The van der Waals surface area contributed by atoms with E-state index in [2.05, 4.69) is 11.0 Å². The Morgan fingerprint density at radius 1 is 0.920 bits per heavy atom. The van der Waals surface area contributed by atoms with Crippen LogP contribution in [-0.2, 0) is 35.6 Å². The van der Waals surface area contributed by atoms with Crippen LogP contribution in [0, 0.1) is 6.92 Å². The van der Waals surface area contributed by atoms with Gasteiger partial charge in [-0.15, -0.1) is 0 Å². The Labute approximate surface area is 296 Å². The Hall–Kier alpha value is -3.23. The number of aryl methyl sites for hydroxylation is 1. The van der Waals surface area contributed by atoms with Crippen LogP contribution in [0.4, 0.5) is 5.69 Å². The van der Waals surface area contributed by atoms with Crippen molar-refractivity contribution < 1.29 is 41.9 Å². The first-order valence-corrected chi connectivity index (χ1v) is 18.9. The number of hydrogen-bond donors (Lipinski definition) is 1. The Bertz CT molecular complexity index is 1650. The highest BCUT2D eigenvalue weighted by atomic mass is 32.2. The van der Waals surface area contributed by atoms with Gasteiger partial charge in [-0.25, -0.2) is 8.42 Å². The summed E-state index contributed by atoms with van der Waals surface area (Å²) >= 11 is 0. The van der Waals surface area contributed by atoms with Gasteiger partial charge < -0.3 is 38.4 Å². The van der Waals surface area contributed by atoms with E-state index in [1.807, 2.05) is 43.3 Å². The van der Waals surface area contributed by atoms with Crippen molar-refractivity contribution in [1.82, 2.24) is 4.31 Å². The quantitative estimate of drug-likeness (QED) is 0.239. The highest BCUT2D eigenvalue weighted by Crippen LogP contribution is 2.38. The number of aliphatic hydroxyl groups is 1. The molecule has 0 radical (unpaired) electrons. The van der Waals surface area contributed by atoms with Crippen molar-refractivity contribution in [2.24, 2.45) is 0 Å². The number of methoxy groups -OCH3 is 2. The molecule has 0 aliphatic carbocycles. The molecular formula is C38H50N2O9S. The van der Waals surface area contributed by atoms with Crippen LogP contribution < -0.4 is 14.4 Å². The molecule has 2 saturated heterocycles. The van der Waals surface area contributed by atoms with Crippen LogP contribution in [-0.4, -0.2) is 109 Å². The monoisotopic (exact) mass is 710 g/mol. The van der Waals surface area contributed by atoms with Crippen LogP contribution in [0.2, 0.25) is 0 Å². The van der Waals surface area contributed by atoms with E-state index >= 15 is 0 Å². The molecule has 11 nitrogen and oxygen atoms in total. The zero-order valence-corrected chi connectivity index (χ0v) is 30.1. The first kappa shape index (κ1) is 36.6. The van der Waals surface area contributed by atoms with E-state index in [4.69, 9.17) is 28.4 Å². The molecule has 6 rings (SSSR count). The summed E-state index contributed by atoms with van der Waals surface area (Å²) in [5.74, 6) is 1.22. The molecule has 3 aromatic carbocycles. The van der Waals surface area contributed by atoms with Crippen LogP contribution in [0.3, 0.4) is 0 Å². The lowest BCUT2D eigenvalue weighted by Crippen LogP contribution is -2.55. The van der Waals surface area contributed by atoms with E-state index in [1.54, 1.807) is 38.5 Å². The number of anilines is 1. The van der Waals surface area contributed by atoms with E-state index in [1.165, 1.54) is 4.31 Å². The molecule has 0 unspecified atom stereocenters. The van der Waals surface area contributed by atoms with Gasteiger partial charge in [-0.3, -0.25) is 0 Å². The van der Waals surface area contributed by atoms with Gasteiger partial charge in [0.25, 0.3) is 0 Å². The second-order valence-electron chi connectivity index (χ2n) is 13.5. The molecule has 12 heteroatoms. The fourth-order valence-corrected chi connectivity index (χ4v) is 8.43. The highest BCUT2D eigenvalue weighted by Gasteiger charge is 2.45. The normalized spacial score (nSPS) is 22.5. The molecule has 3 aromatic rings. The fraction of sp³-hybridized carbons (Fsp3) is 0.526. The molecule has 3 atom stereocenters. The van der Waals surface area contributed by atoms with E-state index in [9.17, 15) is 13.5 Å². The number of sulfonamides is 1. The molecule has 0 amide bonds. The van der Waals surface area contributed by atoms with Gasteiger partial charge >= 0.3 is 0 Å². The van der Waals surface area contributed by atoms with Crippen LogP contribution >= 0.6 is 0 Å². The van der Waals surface area contributed by atoms with E-state index in [-0.39, 0.29) is 37.1 Å². The SMILES string of the molecule is COCCCN1CCOc2ccc(CO[C@H]3CN(S(=O)(=O)c4ccc(C)cc4)C[C@@H](OCC4(O)CCOCC4)[C@@H]3c3ccc(OC)cc3)cc21. The number of fused-ring (bicyclic) bond motifs is 1. The molecule has 3 heterocycles. The molecule has 0 spiro atoms. The zero-order valence-electron chi connectivity index (χ0n) is 29.3. The van der Waals surface area contributed by atoms with Gasteiger partial charge in [0.05, 0.1) is 55.3 Å². The van der Waals surface area contributed by atoms with Crippen molar-refractivity contribution in [2.45, 2.75) is 61.4 Å². The molecular weight excluding hydrogens is 660 g/mol. The predicted molar refractivity (Wildman–Crippen MR) is 190 cm³/mol. The fourth-order valence-electron chi connectivity index (χ4n) is 6.97. The summed E-state index contributed by atoms with van der Waals surface area (Å²) in [5.41, 5.74) is 2.82. The minimum Gasteiger partial charge on any atom is -0.497 e. The second-order valence-corrected chi connectivity index (χ2v) is 15.4. The molecule has 2 fully saturated rings. The maximum Gasteiger partial charge on any atom is 0.243 e. The summed E-state index contributed by atoms with van der Waals surface area (Å²) < 4.78 is 65.3. The van der Waals surface area contributed by atoms with Crippen molar-refractivity contribution in [3.63, 3.8) is 0 Å². The number of ether oxygens (including phenoxy) is 6. The van der Waals surface area contributed by atoms with Crippen molar-refractivity contribution in [1.29, 1.82) is 0 Å². The first-order valence-electron chi connectivity index (χ1n) is 17.4. The largest absolute Gasteiger partial charge is 0.497 e. The average Bonchev–Trinajstić information content (AvgIpc) is 3.13. The third-order valence-corrected chi connectivity index (χ3v) is 11.8. The van der Waals surface area contributed by atoms with E-state index in [0.717, 1.165) is 47.6 Å². The molecule has 0 bridgehead atoms. The average molecular weight is 711 g/mol. The Morgan fingerprint density at radius 3 is 2.34 bits per heavy atom. The maximum absolute atomic E-state index is 14.2. The van der Waals surface area contributed by atoms with Gasteiger partial charge in [-0.2, -0.15) is 4.31 Å². The maximum atomic E-state index is 14.2. The minimum atomic E-state index is -3.90. The van der Waals surface area contributed by atoms with Crippen LogP contribution in [0.25, 0.3) is 0 Å². The summed E-state index contributed by atoms with van der Waals surface area (Å²) in [5, 5.41) is 11.4. The molecule has 3 aliphatic rings. The first-order chi connectivity index (χ1) is 24.2. The molecule has 0 saturated carbocycles. The second kappa shape index (κ2) is 16.4. The van der Waals surface area contributed by atoms with Crippen LogP contribution in [0.1, 0.15) is 41.9 Å². The van der Waals surface area contributed by atoms with Crippen molar-refractivity contribution >= 4 is 15.7 Å². The zero-order chi connectivity index (χ0) is 35.1. The summed E-state index contributed by atoms with van der Waals surface area (Å²) in [6.07, 6.45) is 0.613. The number of benzene rings is 3. The molecule has 0 aromatic heterocycles. The van der Waals surface area contributed by atoms with E-state index in [0.29, 0.717) is 45.0 Å². The van der Waals surface area contributed by atoms with Crippen LogP contribution in [0.15, 0.2) is 71.6 Å². The van der Waals surface area contributed by atoms with Gasteiger partial charge in [0, 0.05) is 65.3 Å². The topological polar surface area (TPSA) is 116 Å². The van der Waals surface area contributed by atoms with Crippen LogP contribution in [0.5, 0.6) is 11.5 Å². The number of hydrogen-bond acceptors (Lipinski definition) is 10. The number of nitrogens with zero attached hydrogens (tertiary/aromatic N) is 2. The molecule has 272 valence electrons. The Balaban J connectivity index is 1.31. The standard InChI is InChI=1S/C38H50N2O9S/c1-28-5-12-32(13-6-28)50(42,43)40-24-35(48-26-29-7-14-34-33(23-29)39(18-22-47-34)17-4-19-44-2)37(30-8-10-31(45-3)11-9-30)36(25-40)49-27-38(41)15-20-46-21-16-38/h5-14,23,35-37,41H,4,15-22,24-27H2,1-3H3/t35-,36+,37+/m0/s1. The van der Waals surface area contributed by atoms with E-state index < -0.39 is 27.8 Å². The summed E-state index contributed by atoms with van der Waals surface area (Å²) in [6.45, 7) is 6.29. The summed E-state index contributed by atoms with van der Waals surface area (Å²) in [6, 6.07) is 20.7. The molecule has 3 aliphatic heterocycles. The molecule has 50 heavy (non-hydrogen) atoms. The lowest BCUT2D eigenvalue weighted by Gasteiger charge is -2.44. The smallest absolute Gasteiger partial charge is 0.243 e. The number of piperidine rings is 1. The van der Waals surface area contributed by atoms with Gasteiger partial charge in [0.2, 0.25) is 10.0 Å². The number of rotatable bonds is 14. The Kier molecular flexibility index (Phi) is 12.0. The highest BCUT2D eigenvalue weighted by molar-refractivity contribution is 7.89. The lowest BCUT2D eigenvalue weighted by atomic mass is 9.85. The van der Waals surface area contributed by atoms with Crippen molar-refractivity contribution in [3.05, 3.63) is 83.4 Å². The Morgan fingerprint density at radius 2 is 1.64 bits per heavy atom. The van der Waals surface area contributed by atoms with Crippen molar-refractivity contribution in [2.75, 3.05) is 78.3 Å².